The minimum atomic E-state index is 0.449. The lowest BCUT2D eigenvalue weighted by atomic mass is 9.68. The van der Waals surface area contributed by atoms with Gasteiger partial charge in [0.1, 0.15) is 6.10 Å². The van der Waals surface area contributed by atoms with E-state index in [-0.39, 0.29) is 0 Å². The maximum absolute atomic E-state index is 5.94. The number of fused-ring (bicyclic) bond motifs is 3. The molecule has 5 rings (SSSR count). The molecule has 2 bridgehead atoms. The van der Waals surface area contributed by atoms with Crippen LogP contribution in [0.25, 0.3) is 0 Å². The fourth-order valence-corrected chi connectivity index (χ4v) is 3.72. The summed E-state index contributed by atoms with van der Waals surface area (Å²) >= 11 is 0. The smallest absolute Gasteiger partial charge is 0.106 e. The molecule has 5 aliphatic rings. The van der Waals surface area contributed by atoms with E-state index < -0.39 is 0 Å². The Labute approximate surface area is 96.3 Å². The van der Waals surface area contributed by atoms with Crippen molar-refractivity contribution < 1.29 is 9.47 Å². The van der Waals surface area contributed by atoms with E-state index in [0.29, 0.717) is 36.3 Å². The van der Waals surface area contributed by atoms with Gasteiger partial charge in [0.05, 0.1) is 18.3 Å². The van der Waals surface area contributed by atoms with Gasteiger partial charge in [-0.3, -0.25) is 0 Å². The Morgan fingerprint density at radius 1 is 1.19 bits per heavy atom. The molecule has 0 aromatic rings. The SMILES string of the molecule is C=CC1CC(C2=CCCC3OC23)C2CC1O2. The third-order valence-corrected chi connectivity index (χ3v) is 4.74. The van der Waals surface area contributed by atoms with Crippen LogP contribution in [0, 0.1) is 11.8 Å². The molecule has 0 radical (unpaired) electrons. The van der Waals surface area contributed by atoms with E-state index in [0.717, 1.165) is 0 Å². The number of allylic oxidation sites excluding steroid dienone is 1. The number of hydrogen-bond acceptors (Lipinski definition) is 2. The van der Waals surface area contributed by atoms with Crippen LogP contribution < -0.4 is 0 Å². The van der Waals surface area contributed by atoms with Gasteiger partial charge in [-0.1, -0.05) is 12.2 Å². The quantitative estimate of drug-likeness (QED) is 0.524. The zero-order valence-corrected chi connectivity index (χ0v) is 9.47. The number of rotatable bonds is 2. The maximum Gasteiger partial charge on any atom is 0.106 e. The van der Waals surface area contributed by atoms with Crippen LogP contribution in [0.15, 0.2) is 24.3 Å². The van der Waals surface area contributed by atoms with E-state index in [1.54, 1.807) is 5.57 Å². The third kappa shape index (κ3) is 1.20. The molecule has 86 valence electrons. The van der Waals surface area contributed by atoms with Crippen LogP contribution in [0.4, 0.5) is 0 Å². The molecule has 2 heteroatoms. The Hall–Kier alpha value is -0.600. The van der Waals surface area contributed by atoms with Crippen LogP contribution in [-0.4, -0.2) is 24.4 Å². The predicted molar refractivity (Wildman–Crippen MR) is 61.1 cm³/mol. The summed E-state index contributed by atoms with van der Waals surface area (Å²) in [5, 5.41) is 0. The molecule has 2 nitrogen and oxygen atoms in total. The second-order valence-electron chi connectivity index (χ2n) is 5.57. The van der Waals surface area contributed by atoms with E-state index in [9.17, 15) is 0 Å². The average Bonchev–Trinajstić information content (AvgIpc) is 3.05. The zero-order chi connectivity index (χ0) is 10.7. The van der Waals surface area contributed by atoms with E-state index in [4.69, 9.17) is 9.47 Å². The minimum Gasteiger partial charge on any atom is -0.374 e. The molecule has 3 heterocycles. The van der Waals surface area contributed by atoms with Gasteiger partial charge in [0, 0.05) is 18.3 Å². The highest BCUT2D eigenvalue weighted by Gasteiger charge is 2.53. The molecule has 4 fully saturated rings. The van der Waals surface area contributed by atoms with Gasteiger partial charge in [-0.25, -0.2) is 0 Å². The molecule has 3 saturated heterocycles. The fourth-order valence-electron chi connectivity index (χ4n) is 3.72. The molecule has 16 heavy (non-hydrogen) atoms. The zero-order valence-electron chi connectivity index (χ0n) is 9.47. The van der Waals surface area contributed by atoms with Crippen molar-refractivity contribution in [3.05, 3.63) is 24.3 Å². The predicted octanol–water partition coefficient (Wildman–Crippen LogP) is 2.45. The van der Waals surface area contributed by atoms with Crippen molar-refractivity contribution in [2.75, 3.05) is 0 Å². The Bertz CT molecular complexity index is 354. The van der Waals surface area contributed by atoms with Crippen molar-refractivity contribution in [1.29, 1.82) is 0 Å². The highest BCUT2D eigenvalue weighted by atomic mass is 16.6. The largest absolute Gasteiger partial charge is 0.374 e. The molecule has 0 spiro atoms. The molecular formula is C14H18O2. The monoisotopic (exact) mass is 218 g/mol. The lowest BCUT2D eigenvalue weighted by Crippen LogP contribution is -2.53. The molecule has 0 aromatic carbocycles. The summed E-state index contributed by atoms with van der Waals surface area (Å²) < 4.78 is 11.7. The van der Waals surface area contributed by atoms with E-state index >= 15 is 0 Å². The molecular weight excluding hydrogens is 200 g/mol. The van der Waals surface area contributed by atoms with E-state index in [1.807, 2.05) is 0 Å². The Morgan fingerprint density at radius 3 is 2.88 bits per heavy atom. The highest BCUT2D eigenvalue weighted by molar-refractivity contribution is 5.27. The first kappa shape index (κ1) is 9.43. The summed E-state index contributed by atoms with van der Waals surface area (Å²) in [7, 11) is 0. The fraction of sp³-hybridized carbons (Fsp3) is 0.714. The standard InChI is InChI=1S/C14H18O2/c1-2-8-6-10(13-7-12(8)15-13)9-4-3-5-11-14(9)16-11/h2,4,8,10-14H,1,3,5-7H2. The minimum absolute atomic E-state index is 0.449. The molecule has 0 N–H and O–H groups in total. The van der Waals surface area contributed by atoms with Crippen molar-refractivity contribution in [3.8, 4) is 0 Å². The van der Waals surface area contributed by atoms with Gasteiger partial charge < -0.3 is 9.47 Å². The normalized spacial score (nSPS) is 53.4. The van der Waals surface area contributed by atoms with Crippen LogP contribution in [0.3, 0.4) is 0 Å². The van der Waals surface area contributed by atoms with Gasteiger partial charge >= 0.3 is 0 Å². The van der Waals surface area contributed by atoms with Crippen molar-refractivity contribution in [2.24, 2.45) is 11.8 Å². The van der Waals surface area contributed by atoms with Crippen LogP contribution in [0.5, 0.6) is 0 Å². The molecule has 6 unspecified atom stereocenters. The first-order valence-electron chi connectivity index (χ1n) is 6.50. The summed E-state index contributed by atoms with van der Waals surface area (Å²) in [5.74, 6) is 1.18. The molecule has 0 aromatic heterocycles. The van der Waals surface area contributed by atoms with Crippen molar-refractivity contribution in [1.82, 2.24) is 0 Å². The topological polar surface area (TPSA) is 21.8 Å². The first-order valence-corrected chi connectivity index (χ1v) is 6.50. The van der Waals surface area contributed by atoms with Gasteiger partial charge in [0.25, 0.3) is 0 Å². The first-order chi connectivity index (χ1) is 7.86. The summed E-state index contributed by atoms with van der Waals surface area (Å²) in [5.41, 5.74) is 1.55. The van der Waals surface area contributed by atoms with Gasteiger partial charge in [-0.15, -0.1) is 6.58 Å². The Balaban J connectivity index is 1.58. The lowest BCUT2D eigenvalue weighted by molar-refractivity contribution is -0.197. The summed E-state index contributed by atoms with van der Waals surface area (Å²) in [6.07, 6.45) is 11.3. The third-order valence-electron chi connectivity index (χ3n) is 4.74. The second kappa shape index (κ2) is 3.21. The van der Waals surface area contributed by atoms with Crippen LogP contribution in [-0.2, 0) is 9.47 Å². The molecule has 1 saturated carbocycles. The number of hydrogen-bond donors (Lipinski definition) is 0. The summed E-state index contributed by atoms with van der Waals surface area (Å²) in [6, 6.07) is 0. The van der Waals surface area contributed by atoms with E-state index in [2.05, 4.69) is 18.7 Å². The Kier molecular flexibility index (Phi) is 1.89. The van der Waals surface area contributed by atoms with Crippen molar-refractivity contribution >= 4 is 0 Å². The van der Waals surface area contributed by atoms with Crippen molar-refractivity contribution in [2.45, 2.75) is 50.1 Å². The van der Waals surface area contributed by atoms with Gasteiger partial charge in [-0.2, -0.15) is 0 Å². The summed E-state index contributed by atoms with van der Waals surface area (Å²) in [4.78, 5) is 0. The molecule has 2 aliphatic carbocycles. The van der Waals surface area contributed by atoms with Gasteiger partial charge in [-0.05, 0) is 24.8 Å². The molecule has 3 aliphatic heterocycles. The summed E-state index contributed by atoms with van der Waals surface area (Å²) in [6.45, 7) is 3.94. The van der Waals surface area contributed by atoms with Gasteiger partial charge in [0.2, 0.25) is 0 Å². The van der Waals surface area contributed by atoms with Crippen LogP contribution in [0.1, 0.15) is 25.7 Å². The van der Waals surface area contributed by atoms with E-state index in [1.165, 1.54) is 25.7 Å². The maximum atomic E-state index is 5.94. The number of ether oxygens (including phenoxy) is 2. The second-order valence-corrected chi connectivity index (χ2v) is 5.57. The van der Waals surface area contributed by atoms with Crippen LogP contribution >= 0.6 is 0 Å². The van der Waals surface area contributed by atoms with Crippen LogP contribution in [0.2, 0.25) is 0 Å². The lowest BCUT2D eigenvalue weighted by Gasteiger charge is -2.51. The number of epoxide rings is 1. The van der Waals surface area contributed by atoms with Gasteiger partial charge in [0.15, 0.2) is 0 Å². The van der Waals surface area contributed by atoms with Crippen molar-refractivity contribution in [3.63, 3.8) is 0 Å². The highest BCUT2D eigenvalue weighted by Crippen LogP contribution is 2.51. The average molecular weight is 218 g/mol. The molecule has 6 atom stereocenters. The molecule has 0 amide bonds. The Morgan fingerprint density at radius 2 is 2.06 bits per heavy atom.